The van der Waals surface area contributed by atoms with Crippen molar-refractivity contribution in [3.8, 4) is 0 Å². The van der Waals surface area contributed by atoms with E-state index in [1.165, 1.54) is 20.0 Å². The van der Waals surface area contributed by atoms with Crippen LogP contribution >= 0.6 is 0 Å². The summed E-state index contributed by atoms with van der Waals surface area (Å²) in [6.45, 7) is 1.97. The third-order valence-electron chi connectivity index (χ3n) is 4.44. The van der Waals surface area contributed by atoms with E-state index in [0.29, 0.717) is 17.5 Å². The van der Waals surface area contributed by atoms with Crippen molar-refractivity contribution in [1.82, 2.24) is 0 Å². The third kappa shape index (κ3) is 2.03. The van der Waals surface area contributed by atoms with Crippen LogP contribution in [-0.4, -0.2) is 19.1 Å². The Morgan fingerprint density at radius 1 is 1.42 bits per heavy atom. The molecule has 1 saturated carbocycles. The molecule has 0 radical (unpaired) electrons. The number of nitrogens with one attached hydrogen (secondary N) is 1. The van der Waals surface area contributed by atoms with Crippen molar-refractivity contribution < 1.29 is 9.53 Å². The van der Waals surface area contributed by atoms with Gasteiger partial charge >= 0.3 is 5.97 Å². The highest BCUT2D eigenvalue weighted by Gasteiger charge is 2.41. The van der Waals surface area contributed by atoms with Crippen LogP contribution in [0.25, 0.3) is 0 Å². The second-order valence-corrected chi connectivity index (χ2v) is 5.46. The molecule has 0 aliphatic heterocycles. The molecule has 3 heteroatoms. The molecule has 3 rings (SSSR count). The van der Waals surface area contributed by atoms with E-state index in [2.05, 4.69) is 17.5 Å². The number of esters is 1. The van der Waals surface area contributed by atoms with Crippen molar-refractivity contribution in [2.24, 2.45) is 11.8 Å². The number of benzene rings is 1. The zero-order valence-electron chi connectivity index (χ0n) is 11.3. The molecule has 1 N–H and O–H groups in total. The summed E-state index contributed by atoms with van der Waals surface area (Å²) in [4.78, 5) is 11.7. The Bertz CT molecular complexity index is 536. The van der Waals surface area contributed by atoms with Crippen molar-refractivity contribution in [3.63, 3.8) is 0 Å². The van der Waals surface area contributed by atoms with E-state index in [-0.39, 0.29) is 5.97 Å². The first-order valence-corrected chi connectivity index (χ1v) is 6.82. The summed E-state index contributed by atoms with van der Waals surface area (Å²) < 4.78 is 4.81. The van der Waals surface area contributed by atoms with Gasteiger partial charge in [0.2, 0.25) is 0 Å². The van der Waals surface area contributed by atoms with E-state index in [1.807, 2.05) is 25.1 Å². The van der Waals surface area contributed by atoms with Crippen LogP contribution in [0.3, 0.4) is 0 Å². The molecule has 1 fully saturated rings. The Morgan fingerprint density at radius 2 is 2.26 bits per heavy atom. The molecule has 100 valence electrons. The van der Waals surface area contributed by atoms with Crippen LogP contribution in [0.1, 0.15) is 28.8 Å². The van der Waals surface area contributed by atoms with Gasteiger partial charge in [-0.25, -0.2) is 4.79 Å². The molecular weight excluding hydrogens is 238 g/mol. The first kappa shape index (κ1) is 12.3. The highest BCUT2D eigenvalue weighted by molar-refractivity contribution is 5.92. The molecule has 0 bridgehead atoms. The van der Waals surface area contributed by atoms with Crippen LogP contribution in [-0.2, 0) is 4.74 Å². The van der Waals surface area contributed by atoms with E-state index in [1.54, 1.807) is 0 Å². The molecule has 2 aliphatic rings. The first-order chi connectivity index (χ1) is 9.20. The fourth-order valence-electron chi connectivity index (χ4n) is 3.21. The maximum atomic E-state index is 11.7. The summed E-state index contributed by atoms with van der Waals surface area (Å²) in [6.07, 6.45) is 7.06. The number of hydrogen-bond acceptors (Lipinski definition) is 3. The smallest absolute Gasteiger partial charge is 0.338 e. The van der Waals surface area contributed by atoms with Gasteiger partial charge in [0.15, 0.2) is 0 Å². The number of hydrogen-bond donors (Lipinski definition) is 1. The predicted octanol–water partition coefficient (Wildman–Crippen LogP) is 3.16. The standard InChI is InChI=1S/C16H19NO2/c1-10-12(16(18)19-2)6-4-8-14(10)17-15-9-11-5-3-7-13(11)15/h3-4,6-8,11,13,15,17H,5,9H2,1-2H3. The molecule has 19 heavy (non-hydrogen) atoms. The molecule has 3 atom stereocenters. The molecule has 0 heterocycles. The van der Waals surface area contributed by atoms with Gasteiger partial charge in [0, 0.05) is 17.6 Å². The number of carbonyl (C=O) groups is 1. The van der Waals surface area contributed by atoms with Gasteiger partial charge in [-0.3, -0.25) is 0 Å². The maximum Gasteiger partial charge on any atom is 0.338 e. The topological polar surface area (TPSA) is 38.3 Å². The lowest BCUT2D eigenvalue weighted by Crippen LogP contribution is -2.43. The van der Waals surface area contributed by atoms with Crippen molar-refractivity contribution in [2.45, 2.75) is 25.8 Å². The molecule has 3 nitrogen and oxygen atoms in total. The van der Waals surface area contributed by atoms with Crippen molar-refractivity contribution in [3.05, 3.63) is 41.5 Å². The van der Waals surface area contributed by atoms with Gasteiger partial charge in [-0.2, -0.15) is 0 Å². The van der Waals surface area contributed by atoms with Gasteiger partial charge in [0.25, 0.3) is 0 Å². The van der Waals surface area contributed by atoms with E-state index >= 15 is 0 Å². The van der Waals surface area contributed by atoms with Crippen LogP contribution in [0.4, 0.5) is 5.69 Å². The van der Waals surface area contributed by atoms with Gasteiger partial charge < -0.3 is 10.1 Å². The van der Waals surface area contributed by atoms with Gasteiger partial charge in [-0.15, -0.1) is 0 Å². The minimum Gasteiger partial charge on any atom is -0.465 e. The number of methoxy groups -OCH3 is 1. The molecule has 3 unspecified atom stereocenters. The zero-order valence-corrected chi connectivity index (χ0v) is 11.3. The second-order valence-electron chi connectivity index (χ2n) is 5.46. The number of rotatable bonds is 3. The van der Waals surface area contributed by atoms with Gasteiger partial charge in [-0.05, 0) is 43.4 Å². The molecule has 0 spiro atoms. The average Bonchev–Trinajstić information content (AvgIpc) is 2.78. The normalized spacial score (nSPS) is 27.6. The number of allylic oxidation sites excluding steroid dienone is 1. The number of carbonyl (C=O) groups excluding carboxylic acids is 1. The Hall–Kier alpha value is -1.77. The summed E-state index contributed by atoms with van der Waals surface area (Å²) in [5.74, 6) is 1.23. The van der Waals surface area contributed by atoms with E-state index in [9.17, 15) is 4.79 Å². The lowest BCUT2D eigenvalue weighted by atomic mass is 9.71. The second kappa shape index (κ2) is 4.72. The Morgan fingerprint density at radius 3 is 3.00 bits per heavy atom. The van der Waals surface area contributed by atoms with E-state index in [4.69, 9.17) is 4.74 Å². The maximum absolute atomic E-state index is 11.7. The van der Waals surface area contributed by atoms with Gasteiger partial charge in [0.05, 0.1) is 12.7 Å². The van der Waals surface area contributed by atoms with Gasteiger partial charge in [0.1, 0.15) is 0 Å². The fraction of sp³-hybridized carbons (Fsp3) is 0.438. The van der Waals surface area contributed by atoms with E-state index in [0.717, 1.165) is 17.2 Å². The number of anilines is 1. The Labute approximate surface area is 113 Å². The highest BCUT2D eigenvalue weighted by atomic mass is 16.5. The van der Waals surface area contributed by atoms with Crippen LogP contribution in [0.2, 0.25) is 0 Å². The molecule has 0 aromatic heterocycles. The monoisotopic (exact) mass is 257 g/mol. The summed E-state index contributed by atoms with van der Waals surface area (Å²) in [6, 6.07) is 6.26. The first-order valence-electron chi connectivity index (χ1n) is 6.82. The van der Waals surface area contributed by atoms with E-state index < -0.39 is 0 Å². The molecule has 0 amide bonds. The minimum atomic E-state index is -0.270. The average molecular weight is 257 g/mol. The predicted molar refractivity (Wildman–Crippen MR) is 75.3 cm³/mol. The summed E-state index contributed by atoms with van der Waals surface area (Å²) in [5, 5.41) is 3.58. The lowest BCUT2D eigenvalue weighted by molar-refractivity contribution is 0.0600. The van der Waals surface area contributed by atoms with Crippen LogP contribution in [0.15, 0.2) is 30.4 Å². The lowest BCUT2D eigenvalue weighted by Gasteiger charge is -2.41. The zero-order chi connectivity index (χ0) is 13.4. The molecular formula is C16H19NO2. The Balaban J connectivity index is 1.78. The third-order valence-corrected chi connectivity index (χ3v) is 4.44. The highest BCUT2D eigenvalue weighted by Crippen LogP contribution is 2.44. The minimum absolute atomic E-state index is 0.270. The van der Waals surface area contributed by atoms with Gasteiger partial charge in [-0.1, -0.05) is 18.2 Å². The SMILES string of the molecule is COC(=O)c1cccc(NC2CC3CC=CC32)c1C. The summed E-state index contributed by atoms with van der Waals surface area (Å²) >= 11 is 0. The summed E-state index contributed by atoms with van der Waals surface area (Å²) in [5.41, 5.74) is 2.66. The van der Waals surface area contributed by atoms with Crippen LogP contribution < -0.4 is 5.32 Å². The Kier molecular flexibility index (Phi) is 3.05. The van der Waals surface area contributed by atoms with Crippen LogP contribution in [0, 0.1) is 18.8 Å². The molecule has 1 aromatic rings. The van der Waals surface area contributed by atoms with Crippen molar-refractivity contribution in [2.75, 3.05) is 12.4 Å². The molecule has 0 saturated heterocycles. The quantitative estimate of drug-likeness (QED) is 0.667. The number of fused-ring (bicyclic) bond motifs is 1. The summed E-state index contributed by atoms with van der Waals surface area (Å²) in [7, 11) is 1.42. The molecule has 2 aliphatic carbocycles. The number of ether oxygens (including phenoxy) is 1. The van der Waals surface area contributed by atoms with Crippen molar-refractivity contribution in [1.29, 1.82) is 0 Å². The fourth-order valence-corrected chi connectivity index (χ4v) is 3.21. The molecule has 1 aromatic carbocycles. The van der Waals surface area contributed by atoms with Crippen LogP contribution in [0.5, 0.6) is 0 Å². The largest absolute Gasteiger partial charge is 0.465 e. The van der Waals surface area contributed by atoms with Crippen molar-refractivity contribution >= 4 is 11.7 Å².